The SMILES string of the molecule is COc1cc(OC)nc(NC(=O)COC(=O)c2cccc(S(=O)(=O)N3C[C@@H](C)O[C@@H](C)C3)c2)n1. The Kier molecular flexibility index (Phi) is 8.02. The van der Waals surface area contributed by atoms with Crippen molar-refractivity contribution in [2.24, 2.45) is 0 Å². The second-order valence-electron chi connectivity index (χ2n) is 7.51. The molecule has 0 spiro atoms. The highest BCUT2D eigenvalue weighted by Gasteiger charge is 2.32. The van der Waals surface area contributed by atoms with E-state index in [0.29, 0.717) is 0 Å². The summed E-state index contributed by atoms with van der Waals surface area (Å²) in [6.45, 7) is 3.36. The zero-order valence-corrected chi connectivity index (χ0v) is 20.0. The topological polar surface area (TPSA) is 146 Å². The molecule has 1 aliphatic rings. The molecule has 1 aromatic carbocycles. The Bertz CT molecular complexity index is 1120. The van der Waals surface area contributed by atoms with Gasteiger partial charge in [-0.25, -0.2) is 13.2 Å². The summed E-state index contributed by atoms with van der Waals surface area (Å²) in [5.74, 6) is -1.33. The van der Waals surface area contributed by atoms with Crippen LogP contribution in [0.4, 0.5) is 5.95 Å². The molecule has 1 N–H and O–H groups in total. The van der Waals surface area contributed by atoms with E-state index >= 15 is 0 Å². The molecule has 184 valence electrons. The highest BCUT2D eigenvalue weighted by atomic mass is 32.2. The Labute approximate surface area is 197 Å². The molecule has 0 aliphatic carbocycles. The van der Waals surface area contributed by atoms with Gasteiger partial charge >= 0.3 is 5.97 Å². The summed E-state index contributed by atoms with van der Waals surface area (Å²) in [6.07, 6.45) is -0.502. The van der Waals surface area contributed by atoms with Gasteiger partial charge in [0.05, 0.1) is 43.0 Å². The largest absolute Gasteiger partial charge is 0.481 e. The Hall–Kier alpha value is -3.29. The number of carbonyl (C=O) groups excluding carboxylic acids is 2. The van der Waals surface area contributed by atoms with Gasteiger partial charge in [-0.2, -0.15) is 14.3 Å². The number of nitrogens with zero attached hydrogens (tertiary/aromatic N) is 3. The van der Waals surface area contributed by atoms with E-state index in [4.69, 9.17) is 18.9 Å². The first kappa shape index (κ1) is 25.3. The minimum absolute atomic E-state index is 0.0115. The van der Waals surface area contributed by atoms with Gasteiger partial charge in [-0.3, -0.25) is 10.1 Å². The van der Waals surface area contributed by atoms with Crippen molar-refractivity contribution in [3.63, 3.8) is 0 Å². The van der Waals surface area contributed by atoms with Gasteiger partial charge in [0.1, 0.15) is 0 Å². The second-order valence-corrected chi connectivity index (χ2v) is 9.45. The van der Waals surface area contributed by atoms with Crippen molar-refractivity contribution in [3.8, 4) is 11.8 Å². The number of methoxy groups -OCH3 is 2. The number of nitrogens with one attached hydrogen (secondary N) is 1. The summed E-state index contributed by atoms with van der Waals surface area (Å²) in [5, 5.41) is 2.37. The highest BCUT2D eigenvalue weighted by Crippen LogP contribution is 2.22. The molecule has 1 fully saturated rings. The number of anilines is 1. The van der Waals surface area contributed by atoms with Crippen LogP contribution in [0, 0.1) is 0 Å². The Balaban J connectivity index is 1.65. The first-order valence-corrected chi connectivity index (χ1v) is 11.8. The molecule has 13 heteroatoms. The molecule has 1 aromatic heterocycles. The van der Waals surface area contributed by atoms with Crippen LogP contribution in [-0.2, 0) is 24.3 Å². The molecule has 0 bridgehead atoms. The molecular weight excluding hydrogens is 468 g/mol. The summed E-state index contributed by atoms with van der Waals surface area (Å²) >= 11 is 0. The number of amides is 1. The average Bonchev–Trinajstić information content (AvgIpc) is 2.81. The van der Waals surface area contributed by atoms with Crippen molar-refractivity contribution in [1.29, 1.82) is 0 Å². The zero-order valence-electron chi connectivity index (χ0n) is 19.2. The molecule has 1 amide bonds. The molecule has 0 unspecified atom stereocenters. The lowest BCUT2D eigenvalue weighted by atomic mass is 10.2. The van der Waals surface area contributed by atoms with E-state index in [1.54, 1.807) is 13.8 Å². The lowest BCUT2D eigenvalue weighted by Crippen LogP contribution is -2.48. The van der Waals surface area contributed by atoms with Gasteiger partial charge in [-0.15, -0.1) is 0 Å². The van der Waals surface area contributed by atoms with Gasteiger partial charge in [0.25, 0.3) is 5.91 Å². The third-order valence-electron chi connectivity index (χ3n) is 4.78. The predicted molar refractivity (Wildman–Crippen MR) is 119 cm³/mol. The lowest BCUT2D eigenvalue weighted by Gasteiger charge is -2.34. The van der Waals surface area contributed by atoms with Crippen molar-refractivity contribution in [2.45, 2.75) is 31.0 Å². The van der Waals surface area contributed by atoms with E-state index < -0.39 is 28.5 Å². The monoisotopic (exact) mass is 494 g/mol. The number of morpholine rings is 1. The zero-order chi connectivity index (χ0) is 24.9. The number of ether oxygens (including phenoxy) is 4. The quantitative estimate of drug-likeness (QED) is 0.529. The van der Waals surface area contributed by atoms with Gasteiger partial charge < -0.3 is 18.9 Å². The number of sulfonamides is 1. The minimum atomic E-state index is -3.84. The molecule has 0 saturated carbocycles. The Morgan fingerprint density at radius 2 is 1.71 bits per heavy atom. The highest BCUT2D eigenvalue weighted by molar-refractivity contribution is 7.89. The number of esters is 1. The Morgan fingerprint density at radius 3 is 2.29 bits per heavy atom. The van der Waals surface area contributed by atoms with E-state index in [9.17, 15) is 18.0 Å². The van der Waals surface area contributed by atoms with Crippen LogP contribution in [0.25, 0.3) is 0 Å². The molecule has 2 heterocycles. The summed E-state index contributed by atoms with van der Waals surface area (Å²) in [5.41, 5.74) is -0.0115. The van der Waals surface area contributed by atoms with Crippen molar-refractivity contribution in [3.05, 3.63) is 35.9 Å². The van der Waals surface area contributed by atoms with Crippen molar-refractivity contribution >= 4 is 27.8 Å². The second kappa shape index (κ2) is 10.8. The smallest absolute Gasteiger partial charge is 0.338 e. The van der Waals surface area contributed by atoms with Crippen LogP contribution >= 0.6 is 0 Å². The van der Waals surface area contributed by atoms with Gasteiger partial charge in [-0.1, -0.05) is 6.07 Å². The number of benzene rings is 1. The molecule has 0 radical (unpaired) electrons. The van der Waals surface area contributed by atoms with Gasteiger partial charge in [0, 0.05) is 13.1 Å². The van der Waals surface area contributed by atoms with Crippen LogP contribution in [0.5, 0.6) is 11.8 Å². The van der Waals surface area contributed by atoms with Crippen LogP contribution in [-0.4, -0.2) is 80.7 Å². The third kappa shape index (κ3) is 6.18. The first-order valence-electron chi connectivity index (χ1n) is 10.3. The molecule has 2 atom stereocenters. The number of aromatic nitrogens is 2. The summed E-state index contributed by atoms with van der Waals surface area (Å²) in [4.78, 5) is 32.5. The fourth-order valence-electron chi connectivity index (χ4n) is 3.30. The fourth-order valence-corrected chi connectivity index (χ4v) is 4.94. The van der Waals surface area contributed by atoms with Crippen LogP contribution in [0.3, 0.4) is 0 Å². The maximum atomic E-state index is 13.0. The number of carbonyl (C=O) groups is 2. The number of hydrogen-bond acceptors (Lipinski definition) is 10. The van der Waals surface area contributed by atoms with Gasteiger partial charge in [-0.05, 0) is 32.0 Å². The summed E-state index contributed by atoms with van der Waals surface area (Å²) in [7, 11) is -1.06. The normalized spacial score (nSPS) is 18.7. The molecular formula is C21H26N4O8S. The standard InChI is InChI=1S/C21H26N4O8S/c1-13-10-25(11-14(2)33-13)34(28,29)16-7-5-6-15(8-16)20(27)32-12-17(26)22-21-23-18(30-3)9-19(24-21)31-4/h5-9,13-14H,10-12H2,1-4H3,(H,22,23,24,26)/t13-,14+. The van der Waals surface area contributed by atoms with Crippen molar-refractivity contribution in [2.75, 3.05) is 39.2 Å². The minimum Gasteiger partial charge on any atom is -0.481 e. The number of rotatable bonds is 8. The average molecular weight is 495 g/mol. The van der Waals surface area contributed by atoms with Crippen LogP contribution in [0.1, 0.15) is 24.2 Å². The van der Waals surface area contributed by atoms with Gasteiger partial charge in [0.15, 0.2) is 6.61 Å². The van der Waals surface area contributed by atoms with Gasteiger partial charge in [0.2, 0.25) is 27.7 Å². The van der Waals surface area contributed by atoms with Crippen molar-refractivity contribution < 1.29 is 37.0 Å². The molecule has 1 aliphatic heterocycles. The van der Waals surface area contributed by atoms with Crippen LogP contribution in [0.2, 0.25) is 0 Å². The molecule has 1 saturated heterocycles. The lowest BCUT2D eigenvalue weighted by molar-refractivity contribution is -0.119. The summed E-state index contributed by atoms with van der Waals surface area (Å²) < 4.78 is 48.0. The Morgan fingerprint density at radius 1 is 1.09 bits per heavy atom. The maximum Gasteiger partial charge on any atom is 0.338 e. The van der Waals surface area contributed by atoms with E-state index in [-0.39, 0.29) is 53.5 Å². The number of hydrogen-bond donors (Lipinski definition) is 1. The molecule has 34 heavy (non-hydrogen) atoms. The molecule has 3 rings (SSSR count). The maximum absolute atomic E-state index is 13.0. The molecule has 2 aromatic rings. The van der Waals surface area contributed by atoms with E-state index in [1.165, 1.54) is 48.9 Å². The first-order chi connectivity index (χ1) is 16.1. The van der Waals surface area contributed by atoms with E-state index in [2.05, 4.69) is 15.3 Å². The third-order valence-corrected chi connectivity index (χ3v) is 6.60. The van der Waals surface area contributed by atoms with Crippen LogP contribution in [0.15, 0.2) is 35.2 Å². The summed E-state index contributed by atoms with van der Waals surface area (Å²) in [6, 6.07) is 6.88. The van der Waals surface area contributed by atoms with E-state index in [1.807, 2.05) is 0 Å². The van der Waals surface area contributed by atoms with Crippen LogP contribution < -0.4 is 14.8 Å². The molecule has 12 nitrogen and oxygen atoms in total. The fraction of sp³-hybridized carbons (Fsp3) is 0.429. The predicted octanol–water partition coefficient (Wildman–Crippen LogP) is 1.09. The van der Waals surface area contributed by atoms with Crippen molar-refractivity contribution in [1.82, 2.24) is 14.3 Å². The van der Waals surface area contributed by atoms with E-state index in [0.717, 1.165) is 0 Å².